The summed E-state index contributed by atoms with van der Waals surface area (Å²) >= 11 is 1.57. The van der Waals surface area contributed by atoms with Gasteiger partial charge in [0.05, 0.1) is 10.5 Å². The zero-order valence-electron chi connectivity index (χ0n) is 20.6. The van der Waals surface area contributed by atoms with Gasteiger partial charge in [0.15, 0.2) is 0 Å². The molecular formula is C28H31N3O3S. The summed E-state index contributed by atoms with van der Waals surface area (Å²) in [7, 11) is 0. The number of para-hydroxylation sites is 1. The van der Waals surface area contributed by atoms with E-state index in [1.54, 1.807) is 29.7 Å². The van der Waals surface area contributed by atoms with Crippen LogP contribution in [0.15, 0.2) is 53.5 Å². The van der Waals surface area contributed by atoms with Crippen molar-refractivity contribution < 1.29 is 9.72 Å². The van der Waals surface area contributed by atoms with Gasteiger partial charge in [0.25, 0.3) is 11.6 Å². The standard InChI is InChI=1S/C28H31N3O3S/c1-5-19-10-6-7-12-23(19)30-26(32)25-22-14-13-20(28(2,3)4)16-24(22)35-27(25)29-17-18-9-8-11-21(15-18)31(33)34/h6-12,15,17,20H,5,13-14,16H2,1-4H3,(H,30,32). The second-order valence-corrected chi connectivity index (χ2v) is 11.1. The van der Waals surface area contributed by atoms with Gasteiger partial charge in [0, 0.05) is 28.9 Å². The van der Waals surface area contributed by atoms with Crippen LogP contribution in [0, 0.1) is 21.4 Å². The Labute approximate surface area is 210 Å². The first-order valence-electron chi connectivity index (χ1n) is 12.0. The molecule has 0 fully saturated rings. The summed E-state index contributed by atoms with van der Waals surface area (Å²) in [6, 6.07) is 14.2. The predicted octanol–water partition coefficient (Wildman–Crippen LogP) is 7.37. The molecule has 182 valence electrons. The van der Waals surface area contributed by atoms with Gasteiger partial charge in [0.2, 0.25) is 0 Å². The smallest absolute Gasteiger partial charge is 0.270 e. The van der Waals surface area contributed by atoms with Gasteiger partial charge in [-0.05, 0) is 59.8 Å². The molecule has 0 radical (unpaired) electrons. The number of aryl methyl sites for hydroxylation is 1. The number of benzene rings is 2. The lowest BCUT2D eigenvalue weighted by atomic mass is 9.72. The molecule has 1 heterocycles. The van der Waals surface area contributed by atoms with Gasteiger partial charge in [-0.1, -0.05) is 58.0 Å². The van der Waals surface area contributed by atoms with E-state index in [1.807, 2.05) is 24.3 Å². The predicted molar refractivity (Wildman–Crippen MR) is 143 cm³/mol. The first-order valence-corrected chi connectivity index (χ1v) is 12.8. The van der Waals surface area contributed by atoms with Crippen LogP contribution in [0.4, 0.5) is 16.4 Å². The number of nitro benzene ring substituents is 1. The normalized spacial score (nSPS) is 15.7. The van der Waals surface area contributed by atoms with Crippen molar-refractivity contribution in [1.29, 1.82) is 0 Å². The number of fused-ring (bicyclic) bond motifs is 1. The third kappa shape index (κ3) is 5.51. The van der Waals surface area contributed by atoms with Crippen LogP contribution in [0.2, 0.25) is 0 Å². The molecule has 1 amide bonds. The molecule has 1 aliphatic rings. The number of anilines is 1. The van der Waals surface area contributed by atoms with Crippen molar-refractivity contribution in [3.05, 3.63) is 85.8 Å². The summed E-state index contributed by atoms with van der Waals surface area (Å²) in [6.07, 6.45) is 5.25. The Hall–Kier alpha value is -3.32. The Kier molecular flexibility index (Phi) is 7.17. The molecule has 0 aliphatic heterocycles. The van der Waals surface area contributed by atoms with Crippen molar-refractivity contribution in [2.24, 2.45) is 16.3 Å². The summed E-state index contributed by atoms with van der Waals surface area (Å²) in [5, 5.41) is 14.9. The number of non-ortho nitro benzene ring substituents is 1. The van der Waals surface area contributed by atoms with E-state index in [-0.39, 0.29) is 17.0 Å². The molecule has 6 nitrogen and oxygen atoms in total. The maximum atomic E-state index is 13.6. The molecule has 1 atom stereocenters. The van der Waals surface area contributed by atoms with E-state index < -0.39 is 4.92 Å². The number of thiophene rings is 1. The lowest BCUT2D eigenvalue weighted by molar-refractivity contribution is -0.384. The fourth-order valence-electron chi connectivity index (χ4n) is 4.62. The minimum Gasteiger partial charge on any atom is -0.322 e. The van der Waals surface area contributed by atoms with Crippen molar-refractivity contribution in [3.63, 3.8) is 0 Å². The second-order valence-electron chi connectivity index (χ2n) is 10.1. The first kappa shape index (κ1) is 24.8. The molecule has 4 rings (SSSR count). The molecule has 1 N–H and O–H groups in total. The fraction of sp³-hybridized carbons (Fsp3) is 0.357. The molecule has 1 unspecified atom stereocenters. The van der Waals surface area contributed by atoms with E-state index in [4.69, 9.17) is 0 Å². The van der Waals surface area contributed by atoms with Gasteiger partial charge in [-0.2, -0.15) is 0 Å². The number of amides is 1. The van der Waals surface area contributed by atoms with Crippen LogP contribution in [-0.4, -0.2) is 17.0 Å². The lowest BCUT2D eigenvalue weighted by Crippen LogP contribution is -2.27. The molecule has 35 heavy (non-hydrogen) atoms. The Balaban J connectivity index is 1.72. The molecule has 0 saturated heterocycles. The highest BCUT2D eigenvalue weighted by molar-refractivity contribution is 7.16. The number of rotatable bonds is 6. The molecule has 3 aromatic rings. The summed E-state index contributed by atoms with van der Waals surface area (Å²) in [4.78, 5) is 30.2. The van der Waals surface area contributed by atoms with Crippen LogP contribution >= 0.6 is 11.3 Å². The number of hydrogen-bond donors (Lipinski definition) is 1. The van der Waals surface area contributed by atoms with E-state index in [0.717, 1.165) is 42.5 Å². The fourth-order valence-corrected chi connectivity index (χ4v) is 5.89. The highest BCUT2D eigenvalue weighted by Crippen LogP contribution is 2.45. The highest BCUT2D eigenvalue weighted by atomic mass is 32.1. The zero-order chi connectivity index (χ0) is 25.2. The Morgan fingerprint density at radius 3 is 2.71 bits per heavy atom. The van der Waals surface area contributed by atoms with Crippen molar-refractivity contribution in [2.45, 2.75) is 53.4 Å². The Bertz CT molecular complexity index is 1290. The topological polar surface area (TPSA) is 84.6 Å². The Morgan fingerprint density at radius 2 is 2.00 bits per heavy atom. The number of aliphatic imine (C=N–C) groups is 1. The zero-order valence-corrected chi connectivity index (χ0v) is 21.4. The van der Waals surface area contributed by atoms with E-state index in [0.29, 0.717) is 22.0 Å². The molecule has 2 aromatic carbocycles. The minimum absolute atomic E-state index is 0.0154. The number of nitrogens with zero attached hydrogens (tertiary/aromatic N) is 2. The van der Waals surface area contributed by atoms with Crippen molar-refractivity contribution >= 4 is 39.8 Å². The van der Waals surface area contributed by atoms with Gasteiger partial charge < -0.3 is 5.32 Å². The van der Waals surface area contributed by atoms with Crippen molar-refractivity contribution in [3.8, 4) is 0 Å². The van der Waals surface area contributed by atoms with Crippen LogP contribution < -0.4 is 5.32 Å². The van der Waals surface area contributed by atoms with Gasteiger partial charge in [-0.15, -0.1) is 11.3 Å². The first-order chi connectivity index (χ1) is 16.7. The van der Waals surface area contributed by atoms with E-state index >= 15 is 0 Å². The van der Waals surface area contributed by atoms with Crippen LogP contribution in [0.3, 0.4) is 0 Å². The molecule has 1 aromatic heterocycles. The van der Waals surface area contributed by atoms with E-state index in [1.165, 1.54) is 17.0 Å². The quantitative estimate of drug-likeness (QED) is 0.223. The average molecular weight is 490 g/mol. The molecule has 0 spiro atoms. The largest absolute Gasteiger partial charge is 0.322 e. The SMILES string of the molecule is CCc1ccccc1NC(=O)c1c(N=Cc2cccc([N+](=O)[O-])c2)sc2c1CCC(C(C)(C)C)C2. The van der Waals surface area contributed by atoms with Crippen molar-refractivity contribution in [2.75, 3.05) is 5.32 Å². The lowest BCUT2D eigenvalue weighted by Gasteiger charge is -2.33. The van der Waals surface area contributed by atoms with Gasteiger partial charge in [0.1, 0.15) is 5.00 Å². The monoisotopic (exact) mass is 489 g/mol. The maximum Gasteiger partial charge on any atom is 0.270 e. The third-order valence-corrected chi connectivity index (χ3v) is 7.92. The van der Waals surface area contributed by atoms with E-state index in [9.17, 15) is 14.9 Å². The molecule has 7 heteroatoms. The summed E-state index contributed by atoms with van der Waals surface area (Å²) < 4.78 is 0. The van der Waals surface area contributed by atoms with Gasteiger partial charge in [-0.25, -0.2) is 4.99 Å². The third-order valence-electron chi connectivity index (χ3n) is 6.76. The molecule has 0 saturated carbocycles. The van der Waals surface area contributed by atoms with Gasteiger partial charge in [-0.3, -0.25) is 14.9 Å². The van der Waals surface area contributed by atoms with Gasteiger partial charge >= 0.3 is 0 Å². The summed E-state index contributed by atoms with van der Waals surface area (Å²) in [5.74, 6) is 0.391. The number of nitrogens with one attached hydrogen (secondary N) is 1. The van der Waals surface area contributed by atoms with Crippen LogP contribution in [-0.2, 0) is 19.3 Å². The Morgan fingerprint density at radius 1 is 1.23 bits per heavy atom. The summed E-state index contributed by atoms with van der Waals surface area (Å²) in [6.45, 7) is 8.88. The average Bonchev–Trinajstić information content (AvgIpc) is 3.20. The van der Waals surface area contributed by atoms with Crippen LogP contribution in [0.1, 0.15) is 66.0 Å². The van der Waals surface area contributed by atoms with E-state index in [2.05, 4.69) is 38.0 Å². The second kappa shape index (κ2) is 10.1. The maximum absolute atomic E-state index is 13.6. The molecular weight excluding hydrogens is 458 g/mol. The van der Waals surface area contributed by atoms with Crippen LogP contribution in [0.5, 0.6) is 0 Å². The summed E-state index contributed by atoms with van der Waals surface area (Å²) in [5.41, 5.74) is 4.45. The molecule has 1 aliphatic carbocycles. The number of carbonyl (C=O) groups is 1. The number of carbonyl (C=O) groups excluding carboxylic acids is 1. The minimum atomic E-state index is -0.419. The number of hydrogen-bond acceptors (Lipinski definition) is 5. The highest BCUT2D eigenvalue weighted by Gasteiger charge is 2.33. The van der Waals surface area contributed by atoms with Crippen LogP contribution in [0.25, 0.3) is 0 Å². The molecule has 0 bridgehead atoms. The van der Waals surface area contributed by atoms with Crippen molar-refractivity contribution in [1.82, 2.24) is 0 Å². The number of nitro groups is 1.